The monoisotopic (exact) mass is 394 g/mol. The van der Waals surface area contributed by atoms with Gasteiger partial charge in [0.05, 0.1) is 6.54 Å². The Balaban J connectivity index is 1.30. The highest BCUT2D eigenvalue weighted by atomic mass is 16.5. The zero-order chi connectivity index (χ0) is 20.2. The Labute approximate surface area is 170 Å². The molecule has 0 radical (unpaired) electrons. The summed E-state index contributed by atoms with van der Waals surface area (Å²) >= 11 is 0. The summed E-state index contributed by atoms with van der Waals surface area (Å²) in [6, 6.07) is 16.9. The molecule has 2 aliphatic rings. The van der Waals surface area contributed by atoms with Crippen LogP contribution in [-0.4, -0.2) is 47.1 Å². The molecule has 2 aromatic rings. The minimum Gasteiger partial charge on any atom is -0.480 e. The predicted molar refractivity (Wildman–Crippen MR) is 109 cm³/mol. The summed E-state index contributed by atoms with van der Waals surface area (Å²) in [4.78, 5) is 25.8. The molecule has 0 saturated heterocycles. The molecular formula is C23H26N2O4. The van der Waals surface area contributed by atoms with Gasteiger partial charge < -0.3 is 15.2 Å². The number of amides is 1. The van der Waals surface area contributed by atoms with Gasteiger partial charge in [0.2, 0.25) is 0 Å². The number of nitrogens with zero attached hydrogens (tertiary/aromatic N) is 1. The maximum absolute atomic E-state index is 12.6. The Morgan fingerprint density at radius 2 is 1.76 bits per heavy atom. The van der Waals surface area contributed by atoms with E-state index in [4.69, 9.17) is 9.84 Å². The molecule has 29 heavy (non-hydrogen) atoms. The number of nitrogens with one attached hydrogen (secondary N) is 1. The molecule has 0 aliphatic heterocycles. The first-order valence-electron chi connectivity index (χ1n) is 10.2. The van der Waals surface area contributed by atoms with Crippen LogP contribution in [0.25, 0.3) is 0 Å². The first-order chi connectivity index (χ1) is 14.1. The summed E-state index contributed by atoms with van der Waals surface area (Å²) < 4.78 is 5.80. The van der Waals surface area contributed by atoms with Crippen molar-refractivity contribution in [3.63, 3.8) is 0 Å². The number of carboxylic acid groups (broad SMARTS) is 1. The molecule has 1 amide bonds. The number of rotatable bonds is 9. The summed E-state index contributed by atoms with van der Waals surface area (Å²) in [5.74, 6) is 1.08. The Kier molecular flexibility index (Phi) is 5.81. The molecule has 2 aromatic carbocycles. The summed E-state index contributed by atoms with van der Waals surface area (Å²) in [5, 5.41) is 12.2. The van der Waals surface area contributed by atoms with Gasteiger partial charge in [0.1, 0.15) is 11.5 Å². The minimum absolute atomic E-state index is 0.0840. The van der Waals surface area contributed by atoms with Crippen LogP contribution in [0.4, 0.5) is 0 Å². The number of ether oxygens (including phenoxy) is 1. The number of benzene rings is 2. The smallest absolute Gasteiger partial charge is 0.317 e. The molecule has 2 fully saturated rings. The third-order valence-electron chi connectivity index (χ3n) is 5.57. The van der Waals surface area contributed by atoms with Crippen LogP contribution in [0.1, 0.15) is 36.0 Å². The zero-order valence-corrected chi connectivity index (χ0v) is 16.3. The second-order valence-corrected chi connectivity index (χ2v) is 8.01. The summed E-state index contributed by atoms with van der Waals surface area (Å²) in [6.07, 6.45) is 3.99. The van der Waals surface area contributed by atoms with Crippen molar-refractivity contribution in [2.75, 3.05) is 13.1 Å². The normalized spacial score (nSPS) is 20.7. The number of hydrogen-bond acceptors (Lipinski definition) is 4. The van der Waals surface area contributed by atoms with Gasteiger partial charge in [-0.3, -0.25) is 14.5 Å². The number of para-hydroxylation sites is 1. The quantitative estimate of drug-likeness (QED) is 0.680. The molecule has 6 heteroatoms. The number of hydrogen-bond donors (Lipinski definition) is 2. The van der Waals surface area contributed by atoms with Gasteiger partial charge in [-0.2, -0.15) is 0 Å². The second-order valence-electron chi connectivity index (χ2n) is 8.01. The van der Waals surface area contributed by atoms with Crippen molar-refractivity contribution in [1.29, 1.82) is 0 Å². The lowest BCUT2D eigenvalue weighted by Gasteiger charge is -2.42. The first-order valence-corrected chi connectivity index (χ1v) is 10.2. The Morgan fingerprint density at radius 1 is 1.03 bits per heavy atom. The number of carboxylic acids is 1. The van der Waals surface area contributed by atoms with Crippen molar-refractivity contribution >= 4 is 11.9 Å². The van der Waals surface area contributed by atoms with Crippen molar-refractivity contribution in [3.05, 3.63) is 60.2 Å². The number of aliphatic carboxylic acids is 1. The largest absolute Gasteiger partial charge is 0.480 e. The van der Waals surface area contributed by atoms with E-state index < -0.39 is 5.97 Å². The molecule has 2 saturated carbocycles. The summed E-state index contributed by atoms with van der Waals surface area (Å²) in [7, 11) is 0. The zero-order valence-electron chi connectivity index (χ0n) is 16.3. The lowest BCUT2D eigenvalue weighted by Crippen LogP contribution is -2.55. The first kappa shape index (κ1) is 19.5. The van der Waals surface area contributed by atoms with Crippen LogP contribution >= 0.6 is 0 Å². The van der Waals surface area contributed by atoms with Crippen LogP contribution in [0.5, 0.6) is 11.5 Å². The highest BCUT2D eigenvalue weighted by Gasteiger charge is 2.37. The van der Waals surface area contributed by atoms with Crippen molar-refractivity contribution < 1.29 is 19.4 Å². The Hall–Kier alpha value is -2.86. The lowest BCUT2D eigenvalue weighted by molar-refractivity contribution is -0.139. The Morgan fingerprint density at radius 3 is 2.45 bits per heavy atom. The predicted octanol–water partition coefficient (Wildman–Crippen LogP) is 3.54. The van der Waals surface area contributed by atoms with E-state index >= 15 is 0 Å². The minimum atomic E-state index is -0.784. The van der Waals surface area contributed by atoms with Crippen LogP contribution in [0, 0.1) is 5.92 Å². The van der Waals surface area contributed by atoms with E-state index in [2.05, 4.69) is 10.2 Å². The average molecular weight is 394 g/mol. The lowest BCUT2D eigenvalue weighted by atomic mass is 9.85. The van der Waals surface area contributed by atoms with Gasteiger partial charge in [-0.15, -0.1) is 0 Å². The van der Waals surface area contributed by atoms with E-state index in [1.807, 2.05) is 36.4 Å². The van der Waals surface area contributed by atoms with Crippen molar-refractivity contribution in [3.8, 4) is 11.5 Å². The molecule has 0 bridgehead atoms. The molecule has 0 atom stereocenters. The third-order valence-corrected chi connectivity index (χ3v) is 5.57. The molecule has 4 rings (SSSR count). The van der Waals surface area contributed by atoms with E-state index in [0.29, 0.717) is 17.2 Å². The highest BCUT2D eigenvalue weighted by Crippen LogP contribution is 2.34. The van der Waals surface area contributed by atoms with E-state index in [1.165, 1.54) is 12.8 Å². The van der Waals surface area contributed by atoms with Crippen LogP contribution in [0.3, 0.4) is 0 Å². The van der Waals surface area contributed by atoms with E-state index in [9.17, 15) is 9.59 Å². The van der Waals surface area contributed by atoms with Gasteiger partial charge in [0.15, 0.2) is 0 Å². The SMILES string of the molecule is O=C(O)CN(CC1CC1)C1CC(NC(=O)c2cccc(Oc3ccccc3)c2)C1. The average Bonchev–Trinajstić information content (AvgIpc) is 3.48. The summed E-state index contributed by atoms with van der Waals surface area (Å²) in [6.45, 7) is 0.942. The van der Waals surface area contributed by atoms with Crippen LogP contribution in [-0.2, 0) is 4.79 Å². The number of carbonyl (C=O) groups is 2. The van der Waals surface area contributed by atoms with Crippen LogP contribution in [0.2, 0.25) is 0 Å². The van der Waals surface area contributed by atoms with Crippen LogP contribution < -0.4 is 10.1 Å². The van der Waals surface area contributed by atoms with Gasteiger partial charge in [-0.25, -0.2) is 0 Å². The van der Waals surface area contributed by atoms with E-state index in [-0.39, 0.29) is 24.5 Å². The van der Waals surface area contributed by atoms with Gasteiger partial charge in [0.25, 0.3) is 5.91 Å². The van der Waals surface area contributed by atoms with Gasteiger partial charge in [-0.05, 0) is 61.9 Å². The fourth-order valence-electron chi connectivity index (χ4n) is 3.75. The fourth-order valence-corrected chi connectivity index (χ4v) is 3.75. The molecular weight excluding hydrogens is 368 g/mol. The van der Waals surface area contributed by atoms with Crippen molar-refractivity contribution in [1.82, 2.24) is 10.2 Å². The Bertz CT molecular complexity index is 860. The third kappa shape index (κ3) is 5.35. The van der Waals surface area contributed by atoms with Gasteiger partial charge in [0, 0.05) is 24.2 Å². The topological polar surface area (TPSA) is 78.9 Å². The molecule has 0 spiro atoms. The van der Waals surface area contributed by atoms with Crippen molar-refractivity contribution in [2.45, 2.75) is 37.8 Å². The highest BCUT2D eigenvalue weighted by molar-refractivity contribution is 5.94. The molecule has 6 nitrogen and oxygen atoms in total. The standard InChI is InChI=1S/C23H26N2O4/c26-22(27)15-25(14-16-9-10-16)19-12-18(13-19)24-23(28)17-5-4-8-21(11-17)29-20-6-2-1-3-7-20/h1-8,11,16,18-19H,9-10,12-15H2,(H,24,28)(H,26,27). The van der Waals surface area contributed by atoms with Gasteiger partial charge >= 0.3 is 5.97 Å². The number of carbonyl (C=O) groups excluding carboxylic acids is 1. The van der Waals surface area contributed by atoms with E-state index in [0.717, 1.165) is 25.1 Å². The maximum atomic E-state index is 12.6. The van der Waals surface area contributed by atoms with Crippen molar-refractivity contribution in [2.24, 2.45) is 5.92 Å². The van der Waals surface area contributed by atoms with E-state index in [1.54, 1.807) is 18.2 Å². The molecule has 0 heterocycles. The molecule has 2 aliphatic carbocycles. The molecule has 0 unspecified atom stereocenters. The fraction of sp³-hybridized carbons (Fsp3) is 0.391. The molecule has 2 N–H and O–H groups in total. The van der Waals surface area contributed by atoms with Gasteiger partial charge in [-0.1, -0.05) is 24.3 Å². The summed E-state index contributed by atoms with van der Waals surface area (Å²) in [5.41, 5.74) is 0.558. The molecule has 152 valence electrons. The van der Waals surface area contributed by atoms with Crippen LogP contribution in [0.15, 0.2) is 54.6 Å². The maximum Gasteiger partial charge on any atom is 0.317 e. The second kappa shape index (κ2) is 8.66. The molecule has 0 aromatic heterocycles.